The van der Waals surface area contributed by atoms with Crippen LogP contribution in [0.1, 0.15) is 11.1 Å². The third-order valence-electron chi connectivity index (χ3n) is 3.92. The molecule has 0 aromatic heterocycles. The van der Waals surface area contributed by atoms with Crippen LogP contribution in [0.25, 0.3) is 10.8 Å². The van der Waals surface area contributed by atoms with E-state index >= 15 is 0 Å². The number of ether oxygens (including phenoxy) is 1. The predicted octanol–water partition coefficient (Wildman–Crippen LogP) is 4.01. The number of carbonyl (C=O) groups is 1. The number of halogens is 1. The van der Waals surface area contributed by atoms with Gasteiger partial charge in [0.05, 0.1) is 19.7 Å². The van der Waals surface area contributed by atoms with Gasteiger partial charge in [0.25, 0.3) is 0 Å². The third-order valence-corrected chi connectivity index (χ3v) is 4.61. The lowest BCUT2D eigenvalue weighted by molar-refractivity contribution is -0.120. The summed E-state index contributed by atoms with van der Waals surface area (Å²) in [4.78, 5) is 12.2. The fraction of sp³-hybridized carbons (Fsp3) is 0.100. The van der Waals surface area contributed by atoms with Crippen molar-refractivity contribution in [1.29, 1.82) is 0 Å². The number of aromatic hydroxyl groups is 1. The van der Waals surface area contributed by atoms with Crippen molar-refractivity contribution in [2.24, 2.45) is 5.10 Å². The molecule has 0 atom stereocenters. The van der Waals surface area contributed by atoms with Crippen LogP contribution in [0, 0.1) is 0 Å². The SMILES string of the molecule is COc1cc(C=NNC(=O)Cc2ccc(Br)c3ccccc23)ccc1O. The van der Waals surface area contributed by atoms with Crippen molar-refractivity contribution in [2.45, 2.75) is 6.42 Å². The molecule has 0 aliphatic rings. The van der Waals surface area contributed by atoms with Crippen LogP contribution < -0.4 is 10.2 Å². The predicted molar refractivity (Wildman–Crippen MR) is 106 cm³/mol. The zero-order chi connectivity index (χ0) is 18.5. The second-order valence-corrected chi connectivity index (χ2v) is 6.51. The van der Waals surface area contributed by atoms with Crippen LogP contribution in [0.5, 0.6) is 11.5 Å². The van der Waals surface area contributed by atoms with Crippen LogP contribution >= 0.6 is 15.9 Å². The second-order valence-electron chi connectivity index (χ2n) is 5.65. The molecule has 0 heterocycles. The molecule has 3 aromatic rings. The lowest BCUT2D eigenvalue weighted by Crippen LogP contribution is -2.19. The van der Waals surface area contributed by atoms with Crippen LogP contribution in [-0.4, -0.2) is 24.3 Å². The van der Waals surface area contributed by atoms with Crippen molar-refractivity contribution in [3.8, 4) is 11.5 Å². The Hall–Kier alpha value is -2.86. The van der Waals surface area contributed by atoms with Crippen molar-refractivity contribution < 1.29 is 14.6 Å². The fourth-order valence-electron chi connectivity index (χ4n) is 2.64. The first-order chi connectivity index (χ1) is 12.6. The molecular weight excluding hydrogens is 396 g/mol. The molecule has 1 amide bonds. The van der Waals surface area contributed by atoms with Gasteiger partial charge in [0.2, 0.25) is 5.91 Å². The van der Waals surface area contributed by atoms with E-state index in [-0.39, 0.29) is 18.1 Å². The Kier molecular flexibility index (Phi) is 5.53. The van der Waals surface area contributed by atoms with Gasteiger partial charge < -0.3 is 9.84 Å². The Bertz CT molecular complexity index is 986. The van der Waals surface area contributed by atoms with E-state index in [2.05, 4.69) is 26.5 Å². The van der Waals surface area contributed by atoms with Crippen molar-refractivity contribution >= 4 is 38.8 Å². The summed E-state index contributed by atoms with van der Waals surface area (Å²) in [6.45, 7) is 0. The van der Waals surface area contributed by atoms with Gasteiger partial charge in [-0.25, -0.2) is 5.43 Å². The topological polar surface area (TPSA) is 70.9 Å². The number of fused-ring (bicyclic) bond motifs is 1. The summed E-state index contributed by atoms with van der Waals surface area (Å²) in [6.07, 6.45) is 1.73. The van der Waals surface area contributed by atoms with Gasteiger partial charge in [-0.05, 0) is 46.2 Å². The molecule has 26 heavy (non-hydrogen) atoms. The summed E-state index contributed by atoms with van der Waals surface area (Å²) >= 11 is 3.53. The van der Waals surface area contributed by atoms with E-state index in [0.717, 1.165) is 20.8 Å². The molecule has 5 nitrogen and oxygen atoms in total. The highest BCUT2D eigenvalue weighted by Gasteiger charge is 2.08. The van der Waals surface area contributed by atoms with E-state index in [9.17, 15) is 9.90 Å². The maximum Gasteiger partial charge on any atom is 0.244 e. The van der Waals surface area contributed by atoms with Crippen LogP contribution in [0.15, 0.2) is 64.2 Å². The average molecular weight is 413 g/mol. The smallest absolute Gasteiger partial charge is 0.244 e. The van der Waals surface area contributed by atoms with Gasteiger partial charge in [-0.3, -0.25) is 4.79 Å². The quantitative estimate of drug-likeness (QED) is 0.491. The second kappa shape index (κ2) is 8.01. The van der Waals surface area contributed by atoms with Crippen molar-refractivity contribution in [2.75, 3.05) is 7.11 Å². The minimum absolute atomic E-state index is 0.0517. The van der Waals surface area contributed by atoms with Crippen LogP contribution in [0.4, 0.5) is 0 Å². The number of hydrogen-bond acceptors (Lipinski definition) is 4. The Balaban J connectivity index is 1.69. The highest BCUT2D eigenvalue weighted by Crippen LogP contribution is 2.27. The van der Waals surface area contributed by atoms with Crippen molar-refractivity contribution in [3.63, 3.8) is 0 Å². The molecule has 0 bridgehead atoms. The number of nitrogens with zero attached hydrogens (tertiary/aromatic N) is 1. The minimum Gasteiger partial charge on any atom is -0.504 e. The average Bonchev–Trinajstić information content (AvgIpc) is 2.65. The normalized spacial score (nSPS) is 11.0. The molecule has 0 aliphatic carbocycles. The Morgan fingerprint density at radius 1 is 1.19 bits per heavy atom. The molecule has 0 radical (unpaired) electrons. The number of phenols is 1. The van der Waals surface area contributed by atoms with E-state index in [4.69, 9.17) is 4.74 Å². The van der Waals surface area contributed by atoms with Crippen LogP contribution in [-0.2, 0) is 11.2 Å². The highest BCUT2D eigenvalue weighted by molar-refractivity contribution is 9.10. The lowest BCUT2D eigenvalue weighted by Gasteiger charge is -2.07. The molecule has 0 saturated carbocycles. The molecule has 132 valence electrons. The van der Waals surface area contributed by atoms with Gasteiger partial charge in [-0.15, -0.1) is 0 Å². The minimum atomic E-state index is -0.209. The van der Waals surface area contributed by atoms with E-state index in [1.54, 1.807) is 12.1 Å². The monoisotopic (exact) mass is 412 g/mol. The van der Waals surface area contributed by atoms with Gasteiger partial charge >= 0.3 is 0 Å². The zero-order valence-corrected chi connectivity index (χ0v) is 15.7. The maximum atomic E-state index is 12.2. The summed E-state index contributed by atoms with van der Waals surface area (Å²) in [5.74, 6) is 0.192. The molecule has 0 unspecified atom stereocenters. The van der Waals surface area contributed by atoms with E-state index in [1.807, 2.05) is 36.4 Å². The molecule has 2 N–H and O–H groups in total. The van der Waals surface area contributed by atoms with Gasteiger partial charge in [-0.2, -0.15) is 5.10 Å². The summed E-state index contributed by atoms with van der Waals surface area (Å²) in [5.41, 5.74) is 4.16. The molecule has 0 aliphatic heterocycles. The number of carbonyl (C=O) groups excluding carboxylic acids is 1. The number of methoxy groups -OCH3 is 1. The summed E-state index contributed by atoms with van der Waals surface area (Å²) in [5, 5.41) is 15.6. The van der Waals surface area contributed by atoms with Crippen molar-refractivity contribution in [1.82, 2.24) is 5.43 Å². The summed E-state index contributed by atoms with van der Waals surface area (Å²) in [6, 6.07) is 16.6. The van der Waals surface area contributed by atoms with Crippen molar-refractivity contribution in [3.05, 3.63) is 70.2 Å². The first-order valence-corrected chi connectivity index (χ1v) is 8.73. The van der Waals surface area contributed by atoms with Crippen LogP contribution in [0.2, 0.25) is 0 Å². The molecule has 0 spiro atoms. The number of amides is 1. The lowest BCUT2D eigenvalue weighted by atomic mass is 10.0. The Labute approximate surface area is 159 Å². The molecular formula is C20H17BrN2O3. The van der Waals surface area contributed by atoms with Gasteiger partial charge in [0, 0.05) is 4.47 Å². The zero-order valence-electron chi connectivity index (χ0n) is 14.1. The molecule has 6 heteroatoms. The first kappa shape index (κ1) is 17.9. The number of hydrogen-bond donors (Lipinski definition) is 2. The Morgan fingerprint density at radius 3 is 2.73 bits per heavy atom. The van der Waals surface area contributed by atoms with Gasteiger partial charge in [0.1, 0.15) is 0 Å². The number of hydrazone groups is 1. The first-order valence-electron chi connectivity index (χ1n) is 7.93. The molecule has 3 rings (SSSR count). The molecule has 0 saturated heterocycles. The number of rotatable bonds is 5. The number of phenolic OH excluding ortho intramolecular Hbond substituents is 1. The van der Waals surface area contributed by atoms with Crippen LogP contribution in [0.3, 0.4) is 0 Å². The van der Waals surface area contributed by atoms with E-state index in [1.165, 1.54) is 19.4 Å². The highest BCUT2D eigenvalue weighted by atomic mass is 79.9. The third kappa shape index (κ3) is 4.03. The maximum absolute atomic E-state index is 12.2. The van der Waals surface area contributed by atoms with E-state index < -0.39 is 0 Å². The molecule has 3 aromatic carbocycles. The Morgan fingerprint density at radius 2 is 1.96 bits per heavy atom. The summed E-state index contributed by atoms with van der Waals surface area (Å²) < 4.78 is 6.04. The fourth-order valence-corrected chi connectivity index (χ4v) is 3.12. The molecule has 0 fully saturated rings. The number of benzene rings is 3. The largest absolute Gasteiger partial charge is 0.504 e. The van der Waals surface area contributed by atoms with Gasteiger partial charge in [-0.1, -0.05) is 46.3 Å². The number of nitrogens with one attached hydrogen (secondary N) is 1. The van der Waals surface area contributed by atoms with Gasteiger partial charge in [0.15, 0.2) is 11.5 Å². The standard InChI is InChI=1S/C20H17BrN2O3/c1-26-19-10-13(6-9-18(19)24)12-22-23-20(25)11-14-7-8-17(21)16-5-3-2-4-15(14)16/h2-10,12,24H,11H2,1H3,(H,23,25). The summed E-state index contributed by atoms with van der Waals surface area (Å²) in [7, 11) is 1.47. The van der Waals surface area contributed by atoms with E-state index in [0.29, 0.717) is 11.3 Å².